The number of benzene rings is 1. The van der Waals surface area contributed by atoms with E-state index in [0.717, 1.165) is 0 Å². The van der Waals surface area contributed by atoms with E-state index < -0.39 is 0 Å². The van der Waals surface area contributed by atoms with Crippen molar-refractivity contribution in [3.05, 3.63) is 48.0 Å². The number of hydrogen-bond acceptors (Lipinski definition) is 2. The van der Waals surface area contributed by atoms with Crippen LogP contribution in [0.5, 0.6) is 0 Å². The molecule has 1 aromatic carbocycles. The van der Waals surface area contributed by atoms with Crippen molar-refractivity contribution in [3.8, 4) is 0 Å². The van der Waals surface area contributed by atoms with Gasteiger partial charge in [-0.15, -0.1) is 0 Å². The molecule has 0 radical (unpaired) electrons. The average molecular weight is 241 g/mol. The minimum Gasteiger partial charge on any atom is -0.349 e. The van der Waals surface area contributed by atoms with Gasteiger partial charge in [0.25, 0.3) is 0 Å². The van der Waals surface area contributed by atoms with E-state index in [2.05, 4.69) is 12.1 Å². The smallest absolute Gasteiger partial charge is 0.249 e. The maximum Gasteiger partial charge on any atom is 0.249 e. The number of ether oxygens (including phenoxy) is 1. The molecule has 0 N–H and O–H groups in total. The van der Waals surface area contributed by atoms with Crippen LogP contribution in [0.2, 0.25) is 0 Å². The molecule has 4 rings (SSSR count). The number of nitrogens with zero attached hydrogens (tertiary/aromatic N) is 1. The number of amides is 1. The lowest BCUT2D eigenvalue weighted by molar-refractivity contribution is -0.128. The Hall–Kier alpha value is -1.61. The van der Waals surface area contributed by atoms with E-state index in [0.29, 0.717) is 5.92 Å². The number of rotatable bonds is 2. The van der Waals surface area contributed by atoms with Gasteiger partial charge in [-0.1, -0.05) is 30.3 Å². The summed E-state index contributed by atoms with van der Waals surface area (Å²) in [5.74, 6) is 0.707. The van der Waals surface area contributed by atoms with Gasteiger partial charge in [0.05, 0.1) is 12.1 Å². The van der Waals surface area contributed by atoms with E-state index in [1.165, 1.54) is 18.4 Å². The molecule has 18 heavy (non-hydrogen) atoms. The highest BCUT2D eigenvalue weighted by Crippen LogP contribution is 2.48. The molecule has 3 nitrogen and oxygen atoms in total. The van der Waals surface area contributed by atoms with Gasteiger partial charge >= 0.3 is 0 Å². The Kier molecular flexibility index (Phi) is 2.12. The average Bonchev–Trinajstić information content (AvgIpc) is 3.09. The zero-order valence-electron chi connectivity index (χ0n) is 10.0. The molecule has 92 valence electrons. The van der Waals surface area contributed by atoms with Crippen molar-refractivity contribution in [1.82, 2.24) is 4.90 Å². The minimum atomic E-state index is -0.145. The molecule has 1 aliphatic carbocycles. The standard InChI is InChI=1S/C15H15NO2/c17-12-8-9-13-16(12)14(10-4-2-1-3-5-10)15(18-13)11-6-7-11/h1-5,8-9,11,13-15H,6-7H2. The van der Waals surface area contributed by atoms with Crippen molar-refractivity contribution in [2.24, 2.45) is 5.92 Å². The molecular formula is C15H15NO2. The van der Waals surface area contributed by atoms with E-state index in [9.17, 15) is 4.79 Å². The van der Waals surface area contributed by atoms with E-state index in [-0.39, 0.29) is 24.3 Å². The molecule has 1 amide bonds. The molecule has 2 aliphatic heterocycles. The van der Waals surface area contributed by atoms with E-state index in [1.807, 2.05) is 29.2 Å². The molecule has 1 aromatic rings. The molecule has 3 heteroatoms. The van der Waals surface area contributed by atoms with Gasteiger partial charge in [-0.2, -0.15) is 0 Å². The predicted molar refractivity (Wildman–Crippen MR) is 66.6 cm³/mol. The lowest BCUT2D eigenvalue weighted by Gasteiger charge is -2.25. The summed E-state index contributed by atoms with van der Waals surface area (Å²) in [7, 11) is 0. The molecule has 2 heterocycles. The van der Waals surface area contributed by atoms with Crippen molar-refractivity contribution in [3.63, 3.8) is 0 Å². The van der Waals surface area contributed by atoms with Crippen molar-refractivity contribution >= 4 is 5.91 Å². The highest BCUT2D eigenvalue weighted by Gasteiger charge is 2.51. The number of carbonyl (C=O) groups excluding carboxylic acids is 1. The Labute approximate surface area is 106 Å². The third kappa shape index (κ3) is 1.44. The zero-order chi connectivity index (χ0) is 12.1. The lowest BCUT2D eigenvalue weighted by Crippen LogP contribution is -2.33. The fourth-order valence-corrected chi connectivity index (χ4v) is 3.06. The lowest BCUT2D eigenvalue weighted by atomic mass is 9.98. The summed E-state index contributed by atoms with van der Waals surface area (Å²) in [4.78, 5) is 13.9. The van der Waals surface area contributed by atoms with Crippen LogP contribution in [-0.4, -0.2) is 23.1 Å². The summed E-state index contributed by atoms with van der Waals surface area (Å²) in [6, 6.07) is 10.3. The zero-order valence-corrected chi connectivity index (χ0v) is 10.0. The van der Waals surface area contributed by atoms with Gasteiger partial charge in [0.15, 0.2) is 6.23 Å². The van der Waals surface area contributed by atoms with E-state index in [1.54, 1.807) is 6.08 Å². The van der Waals surface area contributed by atoms with Gasteiger partial charge in [0, 0.05) is 6.08 Å². The van der Waals surface area contributed by atoms with E-state index >= 15 is 0 Å². The molecule has 3 aliphatic rings. The Balaban J connectivity index is 1.74. The quantitative estimate of drug-likeness (QED) is 0.795. The Bertz CT molecular complexity index is 506. The summed E-state index contributed by atoms with van der Waals surface area (Å²) in [5.41, 5.74) is 1.19. The molecule has 3 atom stereocenters. The second kappa shape index (κ2) is 3.69. The van der Waals surface area contributed by atoms with E-state index in [4.69, 9.17) is 4.74 Å². The minimum absolute atomic E-state index is 0.0806. The first kappa shape index (κ1) is 10.3. The first-order valence-corrected chi connectivity index (χ1v) is 6.55. The van der Waals surface area contributed by atoms with Crippen molar-refractivity contribution in [1.29, 1.82) is 0 Å². The SMILES string of the molecule is O=C1C=CC2OC(C3CC3)C(c3ccccc3)N12. The van der Waals surface area contributed by atoms with Gasteiger partial charge < -0.3 is 4.74 Å². The first-order chi connectivity index (χ1) is 8.84. The van der Waals surface area contributed by atoms with Crippen LogP contribution in [0, 0.1) is 5.92 Å². The molecule has 1 saturated heterocycles. The summed E-state index contributed by atoms with van der Waals surface area (Å²) < 4.78 is 6.07. The highest BCUT2D eigenvalue weighted by molar-refractivity contribution is 5.91. The van der Waals surface area contributed by atoms with Crippen LogP contribution in [0.1, 0.15) is 24.4 Å². The monoisotopic (exact) mass is 241 g/mol. The molecule has 0 spiro atoms. The fraction of sp³-hybridized carbons (Fsp3) is 0.400. The van der Waals surface area contributed by atoms with Crippen molar-refractivity contribution in [2.45, 2.75) is 31.2 Å². The van der Waals surface area contributed by atoms with Crippen molar-refractivity contribution in [2.75, 3.05) is 0 Å². The van der Waals surface area contributed by atoms with Crippen LogP contribution < -0.4 is 0 Å². The van der Waals surface area contributed by atoms with Crippen LogP contribution in [0.3, 0.4) is 0 Å². The Morgan fingerprint density at radius 1 is 1.17 bits per heavy atom. The summed E-state index contributed by atoms with van der Waals surface area (Å²) in [6.07, 6.45) is 5.99. The van der Waals surface area contributed by atoms with Crippen LogP contribution >= 0.6 is 0 Å². The fourth-order valence-electron chi connectivity index (χ4n) is 3.06. The van der Waals surface area contributed by atoms with Crippen LogP contribution in [-0.2, 0) is 9.53 Å². The largest absolute Gasteiger partial charge is 0.349 e. The third-order valence-corrected chi connectivity index (χ3v) is 4.07. The van der Waals surface area contributed by atoms with Crippen LogP contribution in [0.4, 0.5) is 0 Å². The predicted octanol–water partition coefficient (Wildman–Crippen LogP) is 2.26. The number of hydrogen-bond donors (Lipinski definition) is 0. The summed E-state index contributed by atoms with van der Waals surface area (Å²) in [5, 5.41) is 0. The Morgan fingerprint density at radius 3 is 2.67 bits per heavy atom. The highest BCUT2D eigenvalue weighted by atomic mass is 16.5. The van der Waals surface area contributed by atoms with Crippen molar-refractivity contribution < 1.29 is 9.53 Å². The molecule has 3 unspecified atom stereocenters. The maximum absolute atomic E-state index is 12.0. The van der Waals surface area contributed by atoms with Crippen LogP contribution in [0.25, 0.3) is 0 Å². The molecule has 0 aromatic heterocycles. The third-order valence-electron chi connectivity index (χ3n) is 4.07. The van der Waals surface area contributed by atoms with Gasteiger partial charge in [-0.05, 0) is 30.4 Å². The van der Waals surface area contributed by atoms with Crippen LogP contribution in [0.15, 0.2) is 42.5 Å². The maximum atomic E-state index is 12.0. The molecule has 0 bridgehead atoms. The number of fused-ring (bicyclic) bond motifs is 1. The second-order valence-corrected chi connectivity index (χ2v) is 5.29. The normalized spacial score (nSPS) is 34.1. The molecule has 1 saturated carbocycles. The first-order valence-electron chi connectivity index (χ1n) is 6.55. The topological polar surface area (TPSA) is 29.5 Å². The summed E-state index contributed by atoms with van der Waals surface area (Å²) in [6.45, 7) is 0. The van der Waals surface area contributed by atoms with Gasteiger partial charge in [-0.3, -0.25) is 9.69 Å². The van der Waals surface area contributed by atoms with Gasteiger partial charge in [-0.25, -0.2) is 0 Å². The molecule has 2 fully saturated rings. The summed E-state index contributed by atoms with van der Waals surface area (Å²) >= 11 is 0. The van der Waals surface area contributed by atoms with Gasteiger partial charge in [0.2, 0.25) is 5.91 Å². The number of carbonyl (C=O) groups is 1. The van der Waals surface area contributed by atoms with Gasteiger partial charge in [0.1, 0.15) is 0 Å². The molecular weight excluding hydrogens is 226 g/mol. The Morgan fingerprint density at radius 2 is 1.94 bits per heavy atom. The second-order valence-electron chi connectivity index (χ2n) is 5.29.